The zero-order valence-corrected chi connectivity index (χ0v) is 11.7. The maximum absolute atomic E-state index is 5.80. The largest absolute Gasteiger partial charge is 0.330 e. The van der Waals surface area contributed by atoms with Crippen LogP contribution in [0, 0.1) is 0 Å². The zero-order chi connectivity index (χ0) is 13.5. The lowest BCUT2D eigenvalue weighted by atomic mass is 9.90. The smallest absolute Gasteiger partial charge is 0.155 e. The van der Waals surface area contributed by atoms with Gasteiger partial charge in [0, 0.05) is 34.5 Å². The average molecular weight is 273 g/mol. The Labute approximate surface area is 114 Å². The predicted molar refractivity (Wildman–Crippen MR) is 77.1 cm³/mol. The van der Waals surface area contributed by atoms with Gasteiger partial charge < -0.3 is 5.73 Å². The van der Waals surface area contributed by atoms with Gasteiger partial charge in [-0.2, -0.15) is 5.10 Å². The highest BCUT2D eigenvalue weighted by atomic mass is 32.1. The summed E-state index contributed by atoms with van der Waals surface area (Å²) in [4.78, 5) is 8.96. The summed E-state index contributed by atoms with van der Waals surface area (Å²) in [5, 5.41) is 11.0. The fraction of sp³-hybridized carbons (Fsp3) is 0.308. The monoisotopic (exact) mass is 273 g/mol. The molecule has 0 unspecified atom stereocenters. The molecule has 6 heteroatoms. The topological polar surface area (TPSA) is 80.5 Å². The molecule has 0 fully saturated rings. The molecule has 0 spiro atoms. The molecule has 5 nitrogen and oxygen atoms in total. The van der Waals surface area contributed by atoms with Crippen LogP contribution in [0.5, 0.6) is 0 Å². The van der Waals surface area contributed by atoms with E-state index in [1.807, 2.05) is 6.07 Å². The first kappa shape index (κ1) is 12.3. The van der Waals surface area contributed by atoms with Crippen LogP contribution in [0.2, 0.25) is 0 Å². The van der Waals surface area contributed by atoms with E-state index in [-0.39, 0.29) is 5.41 Å². The molecule has 98 valence electrons. The standard InChI is InChI=1S/C13H15N5S/c1-13(2,7-14)10-6-19-12(17-10)8-3-4-15-11-9(8)5-16-18-11/h3-6H,7,14H2,1-2H3,(H,15,16,18). The third-order valence-corrected chi connectivity index (χ3v) is 4.17. The van der Waals surface area contributed by atoms with Crippen molar-refractivity contribution in [1.82, 2.24) is 20.2 Å². The van der Waals surface area contributed by atoms with Gasteiger partial charge in [-0.25, -0.2) is 9.97 Å². The number of aromatic nitrogens is 4. The quantitative estimate of drug-likeness (QED) is 0.767. The molecule has 0 aliphatic heterocycles. The van der Waals surface area contributed by atoms with Crippen molar-refractivity contribution in [1.29, 1.82) is 0 Å². The molecule has 3 N–H and O–H groups in total. The summed E-state index contributed by atoms with van der Waals surface area (Å²) in [6, 6.07) is 1.97. The summed E-state index contributed by atoms with van der Waals surface area (Å²) in [5.41, 5.74) is 8.57. The van der Waals surface area contributed by atoms with Crippen LogP contribution in [0.1, 0.15) is 19.5 Å². The van der Waals surface area contributed by atoms with E-state index >= 15 is 0 Å². The molecule has 0 bridgehead atoms. The molecule has 0 saturated heterocycles. The number of pyridine rings is 1. The summed E-state index contributed by atoms with van der Waals surface area (Å²) in [6.45, 7) is 4.78. The van der Waals surface area contributed by atoms with Crippen molar-refractivity contribution < 1.29 is 0 Å². The predicted octanol–water partition coefficient (Wildman–Crippen LogP) is 2.32. The van der Waals surface area contributed by atoms with Crippen molar-refractivity contribution in [3.8, 4) is 10.6 Å². The normalized spacial score (nSPS) is 12.2. The Morgan fingerprint density at radius 2 is 2.26 bits per heavy atom. The summed E-state index contributed by atoms with van der Waals surface area (Å²) < 4.78 is 0. The average Bonchev–Trinajstić information content (AvgIpc) is 3.07. The van der Waals surface area contributed by atoms with Gasteiger partial charge >= 0.3 is 0 Å². The Bertz CT molecular complexity index is 712. The maximum Gasteiger partial charge on any atom is 0.155 e. The van der Waals surface area contributed by atoms with Crippen LogP contribution in [-0.4, -0.2) is 26.7 Å². The Balaban J connectivity index is 2.10. The highest BCUT2D eigenvalue weighted by Crippen LogP contribution is 2.32. The van der Waals surface area contributed by atoms with Crippen molar-refractivity contribution in [3.63, 3.8) is 0 Å². The van der Waals surface area contributed by atoms with Gasteiger partial charge in [0.15, 0.2) is 5.65 Å². The second-order valence-corrected chi connectivity index (χ2v) is 5.97. The summed E-state index contributed by atoms with van der Waals surface area (Å²) >= 11 is 1.63. The van der Waals surface area contributed by atoms with Gasteiger partial charge in [-0.3, -0.25) is 5.10 Å². The molecular formula is C13H15N5S. The van der Waals surface area contributed by atoms with E-state index < -0.39 is 0 Å². The van der Waals surface area contributed by atoms with Crippen LogP contribution in [0.4, 0.5) is 0 Å². The SMILES string of the molecule is CC(C)(CN)c1csc(-c2ccnc3[nH]ncc23)n1. The first-order chi connectivity index (χ1) is 9.12. The van der Waals surface area contributed by atoms with E-state index in [0.29, 0.717) is 6.54 Å². The molecule has 0 aliphatic carbocycles. The fourth-order valence-corrected chi connectivity index (χ4v) is 2.90. The number of fused-ring (bicyclic) bond motifs is 1. The lowest BCUT2D eigenvalue weighted by molar-refractivity contribution is 0.525. The van der Waals surface area contributed by atoms with Gasteiger partial charge in [-0.1, -0.05) is 13.8 Å². The summed E-state index contributed by atoms with van der Waals surface area (Å²) in [6.07, 6.45) is 3.55. The lowest BCUT2D eigenvalue weighted by Gasteiger charge is -2.19. The molecule has 19 heavy (non-hydrogen) atoms. The van der Waals surface area contributed by atoms with E-state index in [9.17, 15) is 0 Å². The summed E-state index contributed by atoms with van der Waals surface area (Å²) in [5.74, 6) is 0. The number of hydrogen-bond donors (Lipinski definition) is 2. The fourth-order valence-electron chi connectivity index (χ4n) is 1.85. The molecule has 3 rings (SSSR count). The highest BCUT2D eigenvalue weighted by molar-refractivity contribution is 7.13. The number of rotatable bonds is 3. The molecular weight excluding hydrogens is 258 g/mol. The highest BCUT2D eigenvalue weighted by Gasteiger charge is 2.22. The second kappa shape index (κ2) is 4.40. The van der Waals surface area contributed by atoms with Crippen molar-refractivity contribution >= 4 is 22.4 Å². The zero-order valence-electron chi connectivity index (χ0n) is 10.8. The molecule has 0 saturated carbocycles. The number of thiazole rings is 1. The Kier molecular flexibility index (Phi) is 2.83. The van der Waals surface area contributed by atoms with E-state index in [0.717, 1.165) is 27.3 Å². The number of H-pyrrole nitrogens is 1. The maximum atomic E-state index is 5.80. The third-order valence-electron chi connectivity index (χ3n) is 3.29. The van der Waals surface area contributed by atoms with Crippen LogP contribution in [-0.2, 0) is 5.41 Å². The number of nitrogens with two attached hydrogens (primary N) is 1. The molecule has 3 heterocycles. The van der Waals surface area contributed by atoms with E-state index in [1.165, 1.54) is 0 Å². The van der Waals surface area contributed by atoms with Gasteiger partial charge in [-0.15, -0.1) is 11.3 Å². The Hall–Kier alpha value is -1.79. The second-order valence-electron chi connectivity index (χ2n) is 5.12. The minimum absolute atomic E-state index is 0.0999. The first-order valence-electron chi connectivity index (χ1n) is 6.06. The first-order valence-corrected chi connectivity index (χ1v) is 6.94. The van der Waals surface area contributed by atoms with Gasteiger partial charge in [0.25, 0.3) is 0 Å². The van der Waals surface area contributed by atoms with Crippen LogP contribution >= 0.6 is 11.3 Å². The van der Waals surface area contributed by atoms with Crippen molar-refractivity contribution in [2.75, 3.05) is 6.54 Å². The molecule has 0 radical (unpaired) electrons. The molecule has 0 amide bonds. The Morgan fingerprint density at radius 1 is 1.42 bits per heavy atom. The third kappa shape index (κ3) is 2.02. The van der Waals surface area contributed by atoms with E-state index in [2.05, 4.69) is 34.4 Å². The number of nitrogens with one attached hydrogen (secondary N) is 1. The lowest BCUT2D eigenvalue weighted by Crippen LogP contribution is -2.28. The molecule has 0 atom stereocenters. The molecule has 3 aromatic rings. The Morgan fingerprint density at radius 3 is 3.05 bits per heavy atom. The minimum atomic E-state index is -0.0999. The minimum Gasteiger partial charge on any atom is -0.330 e. The molecule has 3 aromatic heterocycles. The van der Waals surface area contributed by atoms with E-state index in [1.54, 1.807) is 23.7 Å². The number of hydrogen-bond acceptors (Lipinski definition) is 5. The number of aromatic amines is 1. The van der Waals surface area contributed by atoms with Crippen molar-refractivity contribution in [2.45, 2.75) is 19.3 Å². The van der Waals surface area contributed by atoms with Crippen LogP contribution in [0.3, 0.4) is 0 Å². The van der Waals surface area contributed by atoms with Gasteiger partial charge in [0.2, 0.25) is 0 Å². The van der Waals surface area contributed by atoms with Gasteiger partial charge in [0.1, 0.15) is 5.01 Å². The summed E-state index contributed by atoms with van der Waals surface area (Å²) in [7, 11) is 0. The van der Waals surface area contributed by atoms with Gasteiger partial charge in [0.05, 0.1) is 11.9 Å². The van der Waals surface area contributed by atoms with Crippen LogP contribution < -0.4 is 5.73 Å². The molecule has 0 aromatic carbocycles. The van der Waals surface area contributed by atoms with Crippen LogP contribution in [0.25, 0.3) is 21.6 Å². The van der Waals surface area contributed by atoms with Gasteiger partial charge in [-0.05, 0) is 6.07 Å². The van der Waals surface area contributed by atoms with E-state index in [4.69, 9.17) is 10.7 Å². The van der Waals surface area contributed by atoms with Crippen molar-refractivity contribution in [3.05, 3.63) is 29.5 Å². The van der Waals surface area contributed by atoms with Crippen LogP contribution in [0.15, 0.2) is 23.8 Å². The van der Waals surface area contributed by atoms with Crippen molar-refractivity contribution in [2.24, 2.45) is 5.73 Å². The number of nitrogens with zero attached hydrogens (tertiary/aromatic N) is 3. The molecule has 0 aliphatic rings.